The smallest absolute Gasteiger partial charge is 0.336 e. The molecule has 2 heterocycles. The molecule has 0 saturated carbocycles. The average molecular weight is 464 g/mol. The molecule has 2 aliphatic heterocycles. The molecule has 2 aromatic rings. The van der Waals surface area contributed by atoms with Crippen LogP contribution in [0.1, 0.15) is 38.7 Å². The molecule has 0 aromatic heterocycles. The van der Waals surface area contributed by atoms with Crippen molar-refractivity contribution >= 4 is 35.3 Å². The second kappa shape index (κ2) is 10.4. The number of benzene rings is 2. The Labute approximate surface area is 199 Å². The van der Waals surface area contributed by atoms with Crippen LogP contribution in [0.5, 0.6) is 11.5 Å². The average Bonchev–Trinajstić information content (AvgIpc) is 2.84. The van der Waals surface area contributed by atoms with Crippen LogP contribution in [0.4, 0.5) is 16.2 Å². The van der Waals surface area contributed by atoms with E-state index in [0.717, 1.165) is 23.7 Å². The van der Waals surface area contributed by atoms with Gasteiger partial charge in [-0.15, -0.1) is 0 Å². The molecule has 4 rings (SSSR count). The second-order valence-corrected chi connectivity index (χ2v) is 8.09. The third-order valence-corrected chi connectivity index (χ3v) is 5.81. The fraction of sp³-hybridized carbons (Fsp3) is 0.346. The van der Waals surface area contributed by atoms with Gasteiger partial charge in [0.15, 0.2) is 0 Å². The molecule has 0 atom stereocenters. The quantitative estimate of drug-likeness (QED) is 0.491. The third kappa shape index (κ3) is 4.90. The van der Waals surface area contributed by atoms with Gasteiger partial charge in [-0.25, -0.2) is 9.69 Å². The van der Waals surface area contributed by atoms with Crippen molar-refractivity contribution in [2.24, 2.45) is 0 Å². The van der Waals surface area contributed by atoms with Crippen LogP contribution in [-0.4, -0.2) is 44.1 Å². The SMILES string of the molecule is CCOc1ccc(OCC)c(N2C(=O)NC(=O)/C(=C\c3ccc(N4CCCCC4)cc3)C2=O)c1. The lowest BCUT2D eigenvalue weighted by Crippen LogP contribution is -2.54. The van der Waals surface area contributed by atoms with Gasteiger partial charge in [0, 0.05) is 24.8 Å². The minimum atomic E-state index is -0.831. The molecule has 0 spiro atoms. The van der Waals surface area contributed by atoms with E-state index in [-0.39, 0.29) is 11.3 Å². The first kappa shape index (κ1) is 23.4. The number of rotatable bonds is 7. The minimum absolute atomic E-state index is 0.130. The maximum Gasteiger partial charge on any atom is 0.336 e. The molecule has 2 aliphatic rings. The number of piperidine rings is 1. The van der Waals surface area contributed by atoms with E-state index in [1.54, 1.807) is 25.1 Å². The van der Waals surface area contributed by atoms with E-state index in [1.807, 2.05) is 31.2 Å². The predicted molar refractivity (Wildman–Crippen MR) is 130 cm³/mol. The number of anilines is 2. The van der Waals surface area contributed by atoms with Gasteiger partial charge in [0.05, 0.1) is 18.9 Å². The zero-order chi connectivity index (χ0) is 24.1. The van der Waals surface area contributed by atoms with E-state index in [2.05, 4.69) is 10.2 Å². The number of hydrogen-bond donors (Lipinski definition) is 1. The van der Waals surface area contributed by atoms with Gasteiger partial charge < -0.3 is 14.4 Å². The molecule has 34 heavy (non-hydrogen) atoms. The topological polar surface area (TPSA) is 88.2 Å². The van der Waals surface area contributed by atoms with E-state index in [9.17, 15) is 14.4 Å². The van der Waals surface area contributed by atoms with Crippen LogP contribution in [0.3, 0.4) is 0 Å². The van der Waals surface area contributed by atoms with Crippen LogP contribution in [-0.2, 0) is 9.59 Å². The van der Waals surface area contributed by atoms with Crippen LogP contribution < -0.4 is 24.6 Å². The first-order valence-electron chi connectivity index (χ1n) is 11.7. The van der Waals surface area contributed by atoms with E-state index >= 15 is 0 Å². The molecule has 0 bridgehead atoms. The van der Waals surface area contributed by atoms with Gasteiger partial charge in [0.1, 0.15) is 17.1 Å². The van der Waals surface area contributed by atoms with Crippen LogP contribution in [0.25, 0.3) is 6.08 Å². The van der Waals surface area contributed by atoms with Crippen molar-refractivity contribution in [3.8, 4) is 11.5 Å². The molecule has 2 saturated heterocycles. The Hall–Kier alpha value is -3.81. The van der Waals surface area contributed by atoms with Crippen molar-refractivity contribution in [2.75, 3.05) is 36.1 Å². The number of amides is 4. The van der Waals surface area contributed by atoms with Crippen LogP contribution >= 0.6 is 0 Å². The predicted octanol–water partition coefficient (Wildman–Crippen LogP) is 4.14. The number of ether oxygens (including phenoxy) is 2. The standard InChI is InChI=1S/C26H29N3O5/c1-3-33-20-12-13-23(34-4-2)22(17-20)29-25(31)21(24(30)27-26(29)32)16-18-8-10-19(11-9-18)28-14-6-5-7-15-28/h8-13,16-17H,3-7,14-15H2,1-2H3,(H,27,30,32)/b21-16+. The highest BCUT2D eigenvalue weighted by atomic mass is 16.5. The van der Waals surface area contributed by atoms with Crippen LogP contribution in [0.15, 0.2) is 48.0 Å². The lowest BCUT2D eigenvalue weighted by Gasteiger charge is -2.29. The van der Waals surface area contributed by atoms with E-state index in [1.165, 1.54) is 25.3 Å². The molecule has 0 aliphatic carbocycles. The Balaban J connectivity index is 1.65. The monoisotopic (exact) mass is 463 g/mol. The maximum atomic E-state index is 13.4. The molecule has 4 amide bonds. The largest absolute Gasteiger partial charge is 0.494 e. The number of barbiturate groups is 1. The van der Waals surface area contributed by atoms with Gasteiger partial charge in [-0.1, -0.05) is 12.1 Å². The first-order chi connectivity index (χ1) is 16.5. The van der Waals surface area contributed by atoms with Crippen molar-refractivity contribution in [2.45, 2.75) is 33.1 Å². The third-order valence-electron chi connectivity index (χ3n) is 5.81. The molecule has 0 unspecified atom stereocenters. The van der Waals surface area contributed by atoms with Gasteiger partial charge in [0.2, 0.25) is 0 Å². The Kier molecular flexibility index (Phi) is 7.15. The molecule has 0 radical (unpaired) electrons. The molecular formula is C26H29N3O5. The summed E-state index contributed by atoms with van der Waals surface area (Å²) >= 11 is 0. The summed E-state index contributed by atoms with van der Waals surface area (Å²) < 4.78 is 11.2. The van der Waals surface area contributed by atoms with Gasteiger partial charge in [0.25, 0.3) is 11.8 Å². The molecule has 8 nitrogen and oxygen atoms in total. The first-order valence-corrected chi connectivity index (χ1v) is 11.7. The number of hydrogen-bond acceptors (Lipinski definition) is 6. The van der Waals surface area contributed by atoms with Crippen LogP contribution in [0, 0.1) is 0 Å². The van der Waals surface area contributed by atoms with E-state index in [0.29, 0.717) is 30.3 Å². The Morgan fingerprint density at radius 2 is 1.62 bits per heavy atom. The zero-order valence-electron chi connectivity index (χ0n) is 19.5. The Morgan fingerprint density at radius 1 is 0.912 bits per heavy atom. The summed E-state index contributed by atoms with van der Waals surface area (Å²) in [6, 6.07) is 11.8. The molecule has 2 fully saturated rings. The molecule has 8 heteroatoms. The van der Waals surface area contributed by atoms with E-state index < -0.39 is 17.8 Å². The minimum Gasteiger partial charge on any atom is -0.494 e. The number of carbonyl (C=O) groups excluding carboxylic acids is 3. The fourth-order valence-corrected chi connectivity index (χ4v) is 4.18. The highest BCUT2D eigenvalue weighted by molar-refractivity contribution is 6.39. The molecule has 178 valence electrons. The van der Waals surface area contributed by atoms with Gasteiger partial charge in [-0.05, 0) is 69.0 Å². The number of nitrogens with zero attached hydrogens (tertiary/aromatic N) is 2. The summed E-state index contributed by atoms with van der Waals surface area (Å²) in [6.07, 6.45) is 5.12. The molecular weight excluding hydrogens is 434 g/mol. The van der Waals surface area contributed by atoms with Gasteiger partial charge in [-0.2, -0.15) is 0 Å². The Bertz CT molecular complexity index is 1100. The second-order valence-electron chi connectivity index (χ2n) is 8.09. The number of urea groups is 1. The van der Waals surface area contributed by atoms with Crippen molar-refractivity contribution in [1.82, 2.24) is 5.32 Å². The fourth-order valence-electron chi connectivity index (χ4n) is 4.18. The van der Waals surface area contributed by atoms with Crippen LogP contribution in [0.2, 0.25) is 0 Å². The summed E-state index contributed by atoms with van der Waals surface area (Å²) in [5.41, 5.74) is 1.90. The summed E-state index contributed by atoms with van der Waals surface area (Å²) in [7, 11) is 0. The molecule has 2 aromatic carbocycles. The Morgan fingerprint density at radius 3 is 2.29 bits per heavy atom. The summed E-state index contributed by atoms with van der Waals surface area (Å²) in [6.45, 7) is 6.47. The van der Waals surface area contributed by atoms with Gasteiger partial charge >= 0.3 is 6.03 Å². The summed E-state index contributed by atoms with van der Waals surface area (Å²) in [5.74, 6) is -0.625. The highest BCUT2D eigenvalue weighted by Crippen LogP contribution is 2.35. The number of carbonyl (C=O) groups is 3. The number of nitrogens with one attached hydrogen (secondary N) is 1. The maximum absolute atomic E-state index is 13.4. The lowest BCUT2D eigenvalue weighted by atomic mass is 10.1. The van der Waals surface area contributed by atoms with Crippen molar-refractivity contribution in [3.05, 3.63) is 53.6 Å². The summed E-state index contributed by atoms with van der Waals surface area (Å²) in [4.78, 5) is 41.9. The van der Waals surface area contributed by atoms with E-state index in [4.69, 9.17) is 9.47 Å². The number of imide groups is 2. The van der Waals surface area contributed by atoms with Crippen molar-refractivity contribution in [3.63, 3.8) is 0 Å². The highest BCUT2D eigenvalue weighted by Gasteiger charge is 2.38. The summed E-state index contributed by atoms with van der Waals surface area (Å²) in [5, 5.41) is 2.27. The van der Waals surface area contributed by atoms with Gasteiger partial charge in [-0.3, -0.25) is 14.9 Å². The molecule has 1 N–H and O–H groups in total. The zero-order valence-corrected chi connectivity index (χ0v) is 19.5. The lowest BCUT2D eigenvalue weighted by molar-refractivity contribution is -0.122. The van der Waals surface area contributed by atoms with Crippen molar-refractivity contribution in [1.29, 1.82) is 0 Å². The normalized spacial score (nSPS) is 17.7. The van der Waals surface area contributed by atoms with Crippen molar-refractivity contribution < 1.29 is 23.9 Å².